The number of nitrogens with two attached hydrogens (primary N) is 1. The van der Waals surface area contributed by atoms with Gasteiger partial charge in [0, 0.05) is 10.8 Å². The summed E-state index contributed by atoms with van der Waals surface area (Å²) in [6.07, 6.45) is 3.64. The topological polar surface area (TPSA) is 50.7 Å². The highest BCUT2D eigenvalue weighted by Crippen LogP contribution is 2.74. The van der Waals surface area contributed by atoms with Gasteiger partial charge in [0.15, 0.2) is 0 Å². The Morgan fingerprint density at radius 3 is 2.61 bits per heavy atom. The van der Waals surface area contributed by atoms with Crippen molar-refractivity contribution in [2.24, 2.45) is 21.9 Å². The summed E-state index contributed by atoms with van der Waals surface area (Å²) in [6, 6.07) is 0.266. The SMILES string of the molecule is [B]C12CCC(=NC(C)C)C(=NN)CCC1C2(C)S. The van der Waals surface area contributed by atoms with Gasteiger partial charge in [0.05, 0.1) is 19.3 Å². The highest BCUT2D eigenvalue weighted by atomic mass is 32.1. The Morgan fingerprint density at radius 2 is 2.06 bits per heavy atom. The van der Waals surface area contributed by atoms with Crippen LogP contribution in [0.25, 0.3) is 0 Å². The number of fused-ring (bicyclic) bond motifs is 1. The smallest absolute Gasteiger partial charge is 0.0810 e. The van der Waals surface area contributed by atoms with Crippen LogP contribution >= 0.6 is 12.6 Å². The second-order valence-corrected chi connectivity index (χ2v) is 6.95. The van der Waals surface area contributed by atoms with Crippen LogP contribution in [0.5, 0.6) is 0 Å². The Labute approximate surface area is 117 Å². The Kier molecular flexibility index (Phi) is 3.56. The Morgan fingerprint density at radius 1 is 1.39 bits per heavy atom. The molecule has 0 aliphatic heterocycles. The van der Waals surface area contributed by atoms with Crippen molar-refractivity contribution >= 4 is 31.9 Å². The first kappa shape index (κ1) is 14.0. The predicted molar refractivity (Wildman–Crippen MR) is 82.0 cm³/mol. The molecule has 5 heteroatoms. The lowest BCUT2D eigenvalue weighted by Gasteiger charge is -2.19. The van der Waals surface area contributed by atoms with Crippen molar-refractivity contribution in [3.05, 3.63) is 0 Å². The number of nitrogens with zero attached hydrogens (tertiary/aromatic N) is 2. The van der Waals surface area contributed by atoms with E-state index in [0.717, 1.165) is 37.1 Å². The van der Waals surface area contributed by atoms with Crippen LogP contribution in [0, 0.1) is 5.92 Å². The van der Waals surface area contributed by atoms with Crippen LogP contribution in [0.15, 0.2) is 10.1 Å². The third kappa shape index (κ3) is 2.11. The van der Waals surface area contributed by atoms with E-state index < -0.39 is 0 Å². The fourth-order valence-electron chi connectivity index (χ4n) is 3.25. The maximum absolute atomic E-state index is 6.48. The van der Waals surface area contributed by atoms with Crippen LogP contribution in [0.1, 0.15) is 46.5 Å². The van der Waals surface area contributed by atoms with Crippen LogP contribution in [0.3, 0.4) is 0 Å². The third-order valence-electron chi connectivity index (χ3n) is 4.51. The monoisotopic (exact) mass is 263 g/mol. The highest BCUT2D eigenvalue weighted by Gasteiger charge is 2.67. The summed E-state index contributed by atoms with van der Waals surface area (Å²) >= 11 is 4.73. The van der Waals surface area contributed by atoms with Gasteiger partial charge in [0.1, 0.15) is 0 Å². The van der Waals surface area contributed by atoms with Crippen molar-refractivity contribution < 1.29 is 0 Å². The van der Waals surface area contributed by atoms with Crippen LogP contribution in [0.4, 0.5) is 0 Å². The van der Waals surface area contributed by atoms with Gasteiger partial charge in [-0.1, -0.05) is 6.92 Å². The third-order valence-corrected chi connectivity index (χ3v) is 5.24. The molecule has 2 N–H and O–H groups in total. The molecule has 2 radical (unpaired) electrons. The lowest BCUT2D eigenvalue weighted by atomic mass is 9.73. The molecule has 0 saturated heterocycles. The van der Waals surface area contributed by atoms with E-state index in [0.29, 0.717) is 5.92 Å². The van der Waals surface area contributed by atoms with Crippen molar-refractivity contribution in [3.8, 4) is 0 Å². The largest absolute Gasteiger partial charge is 0.323 e. The van der Waals surface area contributed by atoms with Crippen molar-refractivity contribution in [2.45, 2.75) is 62.6 Å². The van der Waals surface area contributed by atoms with E-state index in [1.54, 1.807) is 0 Å². The molecule has 2 aliphatic carbocycles. The molecular formula is C13H22BN3S. The van der Waals surface area contributed by atoms with Gasteiger partial charge in [-0.05, 0) is 50.8 Å². The van der Waals surface area contributed by atoms with Crippen LogP contribution < -0.4 is 5.84 Å². The normalized spacial score (nSPS) is 44.8. The maximum Gasteiger partial charge on any atom is 0.0810 e. The Hall–Kier alpha value is -0.445. The van der Waals surface area contributed by atoms with Gasteiger partial charge in [-0.3, -0.25) is 4.99 Å². The first-order valence-electron chi connectivity index (χ1n) is 6.68. The van der Waals surface area contributed by atoms with Gasteiger partial charge in [-0.25, -0.2) is 0 Å². The Balaban J connectivity index is 2.22. The van der Waals surface area contributed by atoms with E-state index in [4.69, 9.17) is 26.3 Å². The van der Waals surface area contributed by atoms with Gasteiger partial charge in [0.25, 0.3) is 0 Å². The molecular weight excluding hydrogens is 241 g/mol. The predicted octanol–water partition coefficient (Wildman–Crippen LogP) is 2.37. The summed E-state index contributed by atoms with van der Waals surface area (Å²) in [5, 5.41) is 3.78. The highest BCUT2D eigenvalue weighted by molar-refractivity contribution is 7.82. The summed E-state index contributed by atoms with van der Waals surface area (Å²) in [5.74, 6) is 5.97. The standard InChI is InChI=1S/C13H22BN3S/c1-8(2)16-9-6-7-13(14)11(12(13,3)18)5-4-10(9)17-15/h8,11,18H,4-7,15H2,1-3H3. The number of thiol groups is 1. The van der Waals surface area contributed by atoms with E-state index in [1.165, 1.54) is 0 Å². The van der Waals surface area contributed by atoms with Crippen molar-refractivity contribution in [1.82, 2.24) is 0 Å². The molecule has 2 saturated carbocycles. The molecule has 3 nitrogen and oxygen atoms in total. The maximum atomic E-state index is 6.48. The van der Waals surface area contributed by atoms with Crippen molar-refractivity contribution in [3.63, 3.8) is 0 Å². The number of hydrogen-bond donors (Lipinski definition) is 2. The van der Waals surface area contributed by atoms with E-state index in [2.05, 4.69) is 30.9 Å². The number of hydrazone groups is 1. The molecule has 3 unspecified atom stereocenters. The summed E-state index contributed by atoms with van der Waals surface area (Å²) in [6.45, 7) is 6.28. The molecule has 0 bridgehead atoms. The minimum absolute atomic E-state index is 0.0556. The molecule has 3 atom stereocenters. The minimum atomic E-state index is -0.145. The molecule has 2 rings (SSSR count). The van der Waals surface area contributed by atoms with Crippen molar-refractivity contribution in [2.75, 3.05) is 0 Å². The van der Waals surface area contributed by atoms with Crippen LogP contribution in [0.2, 0.25) is 5.31 Å². The quantitative estimate of drug-likeness (QED) is 0.324. The fraction of sp³-hybridized carbons (Fsp3) is 0.846. The summed E-state index contributed by atoms with van der Waals surface area (Å²) in [5.41, 5.74) is 1.98. The zero-order valence-corrected chi connectivity index (χ0v) is 12.4. The lowest BCUT2D eigenvalue weighted by molar-refractivity contribution is 0.637. The molecule has 0 spiro atoms. The van der Waals surface area contributed by atoms with Crippen LogP contribution in [-0.4, -0.2) is 30.1 Å². The first-order chi connectivity index (χ1) is 8.33. The summed E-state index contributed by atoms with van der Waals surface area (Å²) < 4.78 is -0.0556. The molecule has 0 amide bonds. The van der Waals surface area contributed by atoms with Gasteiger partial charge in [0.2, 0.25) is 0 Å². The average Bonchev–Trinajstić information content (AvgIpc) is 2.67. The first-order valence-corrected chi connectivity index (χ1v) is 7.12. The second-order valence-electron chi connectivity index (χ2n) is 6.02. The second kappa shape index (κ2) is 4.59. The van der Waals surface area contributed by atoms with Crippen LogP contribution in [-0.2, 0) is 0 Å². The molecule has 0 aromatic rings. The lowest BCUT2D eigenvalue weighted by Crippen LogP contribution is -2.21. The number of aliphatic imine (C=N–C) groups is 1. The molecule has 18 heavy (non-hydrogen) atoms. The number of hydrogen-bond acceptors (Lipinski definition) is 4. The molecule has 98 valence electrons. The summed E-state index contributed by atoms with van der Waals surface area (Å²) in [7, 11) is 6.48. The van der Waals surface area contributed by atoms with Gasteiger partial charge >= 0.3 is 0 Å². The fourth-order valence-corrected chi connectivity index (χ4v) is 3.82. The average molecular weight is 263 g/mol. The molecule has 0 heterocycles. The number of rotatable bonds is 1. The van der Waals surface area contributed by atoms with E-state index in [9.17, 15) is 0 Å². The van der Waals surface area contributed by atoms with E-state index in [1.807, 2.05) is 0 Å². The Bertz CT molecular complexity index is 403. The van der Waals surface area contributed by atoms with Gasteiger partial charge in [-0.15, -0.1) is 0 Å². The van der Waals surface area contributed by atoms with E-state index >= 15 is 0 Å². The molecule has 2 aliphatic rings. The van der Waals surface area contributed by atoms with E-state index in [-0.39, 0.29) is 16.1 Å². The zero-order valence-electron chi connectivity index (χ0n) is 11.5. The minimum Gasteiger partial charge on any atom is -0.323 e. The van der Waals surface area contributed by atoms with Gasteiger partial charge < -0.3 is 5.84 Å². The molecule has 0 aromatic heterocycles. The molecule has 2 fully saturated rings. The summed E-state index contributed by atoms with van der Waals surface area (Å²) in [4.78, 5) is 4.65. The van der Waals surface area contributed by atoms with Gasteiger partial charge in [-0.2, -0.15) is 17.7 Å². The van der Waals surface area contributed by atoms with Crippen molar-refractivity contribution in [1.29, 1.82) is 0 Å². The zero-order chi connectivity index (χ0) is 13.6. The molecule has 0 aromatic carbocycles.